The highest BCUT2D eigenvalue weighted by Crippen LogP contribution is 2.33. The van der Waals surface area contributed by atoms with Gasteiger partial charge in [-0.1, -0.05) is 50.6 Å². The maximum atomic E-state index is 12.5. The lowest BCUT2D eigenvalue weighted by atomic mass is 9.92. The summed E-state index contributed by atoms with van der Waals surface area (Å²) < 4.78 is 0. The molecule has 1 fully saturated rings. The predicted molar refractivity (Wildman–Crippen MR) is 80.6 cm³/mol. The summed E-state index contributed by atoms with van der Waals surface area (Å²) in [4.78, 5) is 23.7. The van der Waals surface area contributed by atoms with Crippen LogP contribution in [0.25, 0.3) is 0 Å². The fourth-order valence-corrected chi connectivity index (χ4v) is 3.13. The zero-order valence-corrected chi connectivity index (χ0v) is 12.6. The van der Waals surface area contributed by atoms with E-state index in [0.29, 0.717) is 12.8 Å². The first-order valence-electron chi connectivity index (χ1n) is 7.59. The van der Waals surface area contributed by atoms with Gasteiger partial charge in [-0.05, 0) is 24.3 Å². The van der Waals surface area contributed by atoms with E-state index in [0.717, 1.165) is 12.0 Å². The van der Waals surface area contributed by atoms with Crippen molar-refractivity contribution >= 4 is 11.9 Å². The molecule has 0 bridgehead atoms. The Kier molecular flexibility index (Phi) is 4.99. The fourth-order valence-electron chi connectivity index (χ4n) is 3.13. The quantitative estimate of drug-likeness (QED) is 0.875. The molecule has 0 aliphatic heterocycles. The summed E-state index contributed by atoms with van der Waals surface area (Å²) in [6.45, 7) is 4.11. The minimum absolute atomic E-state index is 0.0752. The van der Waals surface area contributed by atoms with E-state index < -0.39 is 17.8 Å². The average molecular weight is 289 g/mol. The molecule has 0 heterocycles. The van der Waals surface area contributed by atoms with Crippen molar-refractivity contribution < 1.29 is 14.7 Å². The molecule has 4 nitrogen and oxygen atoms in total. The van der Waals surface area contributed by atoms with Crippen molar-refractivity contribution in [3.05, 3.63) is 35.9 Å². The molecule has 2 rings (SSSR count). The van der Waals surface area contributed by atoms with Crippen LogP contribution >= 0.6 is 0 Å². The summed E-state index contributed by atoms with van der Waals surface area (Å²) in [5, 5.41) is 12.3. The second-order valence-corrected chi connectivity index (χ2v) is 6.12. The molecule has 4 heteroatoms. The van der Waals surface area contributed by atoms with Crippen LogP contribution in [0.1, 0.15) is 44.7 Å². The molecule has 3 atom stereocenters. The zero-order valence-electron chi connectivity index (χ0n) is 12.6. The molecule has 0 radical (unpaired) electrons. The monoisotopic (exact) mass is 289 g/mol. The van der Waals surface area contributed by atoms with Gasteiger partial charge in [0.2, 0.25) is 5.91 Å². The number of carbonyl (C=O) groups excluding carboxylic acids is 1. The van der Waals surface area contributed by atoms with E-state index in [9.17, 15) is 14.7 Å². The summed E-state index contributed by atoms with van der Waals surface area (Å²) in [5.41, 5.74) is 1.06. The van der Waals surface area contributed by atoms with Gasteiger partial charge in [0, 0.05) is 0 Å². The number of benzene rings is 1. The minimum Gasteiger partial charge on any atom is -0.481 e. The number of carbonyl (C=O) groups is 2. The Labute approximate surface area is 125 Å². The number of hydrogen-bond acceptors (Lipinski definition) is 2. The van der Waals surface area contributed by atoms with Crippen molar-refractivity contribution in [1.29, 1.82) is 0 Å². The van der Waals surface area contributed by atoms with Crippen LogP contribution in [0, 0.1) is 17.8 Å². The molecule has 1 aliphatic carbocycles. The Morgan fingerprint density at radius 2 is 1.76 bits per heavy atom. The molecule has 0 saturated heterocycles. The third-order valence-corrected chi connectivity index (χ3v) is 4.29. The van der Waals surface area contributed by atoms with E-state index in [1.54, 1.807) is 0 Å². The number of carboxylic acids is 1. The van der Waals surface area contributed by atoms with Crippen molar-refractivity contribution in [3.63, 3.8) is 0 Å². The van der Waals surface area contributed by atoms with Gasteiger partial charge >= 0.3 is 5.97 Å². The molecule has 114 valence electrons. The van der Waals surface area contributed by atoms with Gasteiger partial charge < -0.3 is 10.4 Å². The number of carboxylic acid groups (broad SMARTS) is 1. The molecule has 1 aliphatic rings. The van der Waals surface area contributed by atoms with Crippen molar-refractivity contribution in [2.24, 2.45) is 17.8 Å². The molecule has 1 saturated carbocycles. The number of rotatable bonds is 5. The lowest BCUT2D eigenvalue weighted by Gasteiger charge is -2.25. The molecule has 1 amide bonds. The van der Waals surface area contributed by atoms with Gasteiger partial charge in [0.05, 0.1) is 17.9 Å². The van der Waals surface area contributed by atoms with Crippen molar-refractivity contribution in [2.45, 2.75) is 39.2 Å². The smallest absolute Gasteiger partial charge is 0.307 e. The van der Waals surface area contributed by atoms with Gasteiger partial charge in [-0.2, -0.15) is 0 Å². The minimum atomic E-state index is -0.853. The lowest BCUT2D eigenvalue weighted by molar-refractivity contribution is -0.146. The molecule has 1 aromatic rings. The number of hydrogen-bond donors (Lipinski definition) is 2. The van der Waals surface area contributed by atoms with Crippen molar-refractivity contribution in [1.82, 2.24) is 5.32 Å². The Balaban J connectivity index is 2.10. The largest absolute Gasteiger partial charge is 0.481 e. The number of aliphatic carboxylic acids is 1. The Bertz CT molecular complexity index is 498. The van der Waals surface area contributed by atoms with E-state index in [4.69, 9.17) is 0 Å². The fraction of sp³-hybridized carbons (Fsp3) is 0.529. The molecule has 0 spiro atoms. The van der Waals surface area contributed by atoms with Crippen LogP contribution in [-0.4, -0.2) is 17.0 Å². The van der Waals surface area contributed by atoms with Gasteiger partial charge in [0.15, 0.2) is 0 Å². The van der Waals surface area contributed by atoms with Crippen LogP contribution in [0.15, 0.2) is 30.3 Å². The average Bonchev–Trinajstić information content (AvgIpc) is 2.94. The third-order valence-electron chi connectivity index (χ3n) is 4.29. The van der Waals surface area contributed by atoms with Crippen molar-refractivity contribution in [3.8, 4) is 0 Å². The SMILES string of the molecule is CC(C)C(NC(=O)C1CCCC1C(=O)O)c1ccccc1. The Morgan fingerprint density at radius 3 is 2.33 bits per heavy atom. The maximum absolute atomic E-state index is 12.5. The first-order valence-corrected chi connectivity index (χ1v) is 7.59. The molecule has 3 unspecified atom stereocenters. The standard InChI is InChI=1S/C17H23NO3/c1-11(2)15(12-7-4-3-5-8-12)18-16(19)13-9-6-10-14(13)17(20)21/h3-5,7-8,11,13-15H,6,9-10H2,1-2H3,(H,18,19)(H,20,21). The van der Waals surface area contributed by atoms with E-state index in [-0.39, 0.29) is 17.9 Å². The summed E-state index contributed by atoms with van der Waals surface area (Å²) in [6, 6.07) is 9.76. The first-order chi connectivity index (χ1) is 10.0. The van der Waals surface area contributed by atoms with Crippen LogP contribution in [0.4, 0.5) is 0 Å². The van der Waals surface area contributed by atoms with Crippen LogP contribution in [0.5, 0.6) is 0 Å². The van der Waals surface area contributed by atoms with Crippen LogP contribution in [-0.2, 0) is 9.59 Å². The predicted octanol–water partition coefficient (Wildman–Crippen LogP) is 3.00. The highest BCUT2D eigenvalue weighted by atomic mass is 16.4. The Hall–Kier alpha value is -1.84. The topological polar surface area (TPSA) is 66.4 Å². The van der Waals surface area contributed by atoms with Crippen LogP contribution in [0.2, 0.25) is 0 Å². The van der Waals surface area contributed by atoms with E-state index in [1.165, 1.54) is 0 Å². The summed E-state index contributed by atoms with van der Waals surface area (Å²) >= 11 is 0. The first kappa shape index (κ1) is 15.5. The van der Waals surface area contributed by atoms with E-state index in [1.807, 2.05) is 30.3 Å². The molecular weight excluding hydrogens is 266 g/mol. The zero-order chi connectivity index (χ0) is 15.4. The van der Waals surface area contributed by atoms with Crippen molar-refractivity contribution in [2.75, 3.05) is 0 Å². The number of nitrogens with one attached hydrogen (secondary N) is 1. The normalized spacial score (nSPS) is 23.0. The van der Waals surface area contributed by atoms with E-state index in [2.05, 4.69) is 19.2 Å². The van der Waals surface area contributed by atoms with Crippen LogP contribution in [0.3, 0.4) is 0 Å². The highest BCUT2D eigenvalue weighted by molar-refractivity contribution is 5.85. The second-order valence-electron chi connectivity index (χ2n) is 6.12. The molecule has 2 N–H and O–H groups in total. The second kappa shape index (κ2) is 6.74. The molecular formula is C17H23NO3. The molecule has 0 aromatic heterocycles. The Morgan fingerprint density at radius 1 is 1.14 bits per heavy atom. The van der Waals surface area contributed by atoms with Gasteiger partial charge in [0.1, 0.15) is 0 Å². The molecule has 21 heavy (non-hydrogen) atoms. The maximum Gasteiger partial charge on any atom is 0.307 e. The van der Waals surface area contributed by atoms with Gasteiger partial charge in [-0.25, -0.2) is 0 Å². The molecule has 1 aromatic carbocycles. The van der Waals surface area contributed by atoms with Gasteiger partial charge in [-0.3, -0.25) is 9.59 Å². The summed E-state index contributed by atoms with van der Waals surface area (Å²) in [6.07, 6.45) is 2.08. The van der Waals surface area contributed by atoms with Gasteiger partial charge in [-0.15, -0.1) is 0 Å². The third kappa shape index (κ3) is 3.63. The lowest BCUT2D eigenvalue weighted by Crippen LogP contribution is -2.39. The van der Waals surface area contributed by atoms with Crippen LogP contribution < -0.4 is 5.32 Å². The number of amides is 1. The van der Waals surface area contributed by atoms with E-state index >= 15 is 0 Å². The van der Waals surface area contributed by atoms with Gasteiger partial charge in [0.25, 0.3) is 0 Å². The summed E-state index contributed by atoms with van der Waals surface area (Å²) in [7, 11) is 0. The highest BCUT2D eigenvalue weighted by Gasteiger charge is 2.38. The summed E-state index contributed by atoms with van der Waals surface area (Å²) in [5.74, 6) is -1.65.